The summed E-state index contributed by atoms with van der Waals surface area (Å²) in [6.07, 6.45) is 4.40. The average Bonchev–Trinajstić information content (AvgIpc) is 2.71. The molecule has 1 aliphatic carbocycles. The van der Waals surface area contributed by atoms with Crippen molar-refractivity contribution in [2.45, 2.75) is 78.8 Å². The van der Waals surface area contributed by atoms with Crippen LogP contribution in [0.15, 0.2) is 0 Å². The predicted octanol–water partition coefficient (Wildman–Crippen LogP) is 4.23. The molecule has 1 saturated carbocycles. The maximum absolute atomic E-state index is 6.39. The highest BCUT2D eigenvalue weighted by Gasteiger charge is 2.54. The molecule has 0 radical (unpaired) electrons. The van der Waals surface area contributed by atoms with Gasteiger partial charge in [0.15, 0.2) is 5.79 Å². The summed E-state index contributed by atoms with van der Waals surface area (Å²) in [6, 6.07) is 0. The minimum atomic E-state index is -0.335. The summed E-state index contributed by atoms with van der Waals surface area (Å²) < 4.78 is 12.8. The lowest BCUT2D eigenvalue weighted by Crippen LogP contribution is -2.43. The molecule has 2 atom stereocenters. The monoisotopic (exact) mass is 254 g/mol. The van der Waals surface area contributed by atoms with Crippen LogP contribution < -0.4 is 0 Å². The van der Waals surface area contributed by atoms with Crippen LogP contribution in [-0.2, 0) is 9.47 Å². The minimum Gasteiger partial charge on any atom is -0.343 e. The molecule has 0 spiro atoms. The zero-order valence-corrected chi connectivity index (χ0v) is 12.9. The van der Waals surface area contributed by atoms with Crippen LogP contribution in [0.2, 0.25) is 0 Å². The van der Waals surface area contributed by atoms with Crippen LogP contribution in [0.4, 0.5) is 0 Å². The van der Waals surface area contributed by atoms with Crippen LogP contribution in [-0.4, -0.2) is 18.0 Å². The summed E-state index contributed by atoms with van der Waals surface area (Å²) in [5.74, 6) is 2.10. The van der Waals surface area contributed by atoms with E-state index in [4.69, 9.17) is 9.47 Å². The summed E-state index contributed by atoms with van der Waals surface area (Å²) in [7, 11) is 0. The van der Waals surface area contributed by atoms with Crippen LogP contribution in [0.1, 0.15) is 60.8 Å². The van der Waals surface area contributed by atoms with E-state index >= 15 is 0 Å². The Morgan fingerprint density at radius 3 is 1.67 bits per heavy atom. The average molecular weight is 254 g/mol. The van der Waals surface area contributed by atoms with Gasteiger partial charge < -0.3 is 9.47 Å². The van der Waals surface area contributed by atoms with Gasteiger partial charge in [-0.1, -0.05) is 41.5 Å². The fourth-order valence-corrected chi connectivity index (χ4v) is 3.88. The normalized spacial score (nSPS) is 34.8. The fraction of sp³-hybridized carbons (Fsp3) is 1.00. The molecule has 2 fully saturated rings. The maximum atomic E-state index is 6.39. The molecule has 1 aliphatic heterocycles. The Morgan fingerprint density at radius 2 is 1.33 bits per heavy atom. The second kappa shape index (κ2) is 5.13. The number of fused-ring (bicyclic) bond motifs is 1. The third-order valence-electron chi connectivity index (χ3n) is 4.63. The van der Waals surface area contributed by atoms with Crippen molar-refractivity contribution in [1.82, 2.24) is 0 Å². The Balaban J connectivity index is 2.00. The molecule has 1 saturated heterocycles. The van der Waals surface area contributed by atoms with Crippen molar-refractivity contribution in [2.75, 3.05) is 0 Å². The molecule has 0 N–H and O–H groups in total. The van der Waals surface area contributed by atoms with Gasteiger partial charge in [-0.15, -0.1) is 0 Å². The van der Waals surface area contributed by atoms with E-state index in [1.54, 1.807) is 0 Å². The first kappa shape index (κ1) is 14.3. The van der Waals surface area contributed by atoms with Crippen LogP contribution in [0.3, 0.4) is 0 Å². The molecule has 2 heteroatoms. The van der Waals surface area contributed by atoms with Gasteiger partial charge in [-0.05, 0) is 31.1 Å². The lowest BCUT2D eigenvalue weighted by atomic mass is 9.91. The molecular formula is C16H30O2. The third-order valence-corrected chi connectivity index (χ3v) is 4.63. The van der Waals surface area contributed by atoms with Gasteiger partial charge in [-0.3, -0.25) is 0 Å². The number of hydrogen-bond donors (Lipinski definition) is 0. The van der Waals surface area contributed by atoms with E-state index in [0.717, 1.165) is 11.8 Å². The Kier molecular flexibility index (Phi) is 4.08. The first-order valence-electron chi connectivity index (χ1n) is 7.70. The molecule has 2 unspecified atom stereocenters. The Hall–Kier alpha value is -0.0800. The van der Waals surface area contributed by atoms with Gasteiger partial charge in [0.05, 0.1) is 12.2 Å². The lowest BCUT2D eigenvalue weighted by molar-refractivity contribution is -0.237. The Morgan fingerprint density at radius 1 is 0.889 bits per heavy atom. The zero-order valence-electron chi connectivity index (χ0n) is 12.9. The van der Waals surface area contributed by atoms with E-state index in [9.17, 15) is 0 Å². The molecule has 0 aromatic heterocycles. The van der Waals surface area contributed by atoms with E-state index in [1.165, 1.54) is 19.3 Å². The topological polar surface area (TPSA) is 18.5 Å². The molecule has 2 nitrogen and oxygen atoms in total. The molecule has 0 amide bonds. The van der Waals surface area contributed by atoms with Gasteiger partial charge in [0.25, 0.3) is 0 Å². The maximum Gasteiger partial charge on any atom is 0.173 e. The van der Waals surface area contributed by atoms with Crippen molar-refractivity contribution in [3.05, 3.63) is 0 Å². The highest BCUT2D eigenvalue weighted by atomic mass is 16.8. The predicted molar refractivity (Wildman–Crippen MR) is 74.3 cm³/mol. The van der Waals surface area contributed by atoms with Crippen LogP contribution in [0.5, 0.6) is 0 Å². The van der Waals surface area contributed by atoms with E-state index in [2.05, 4.69) is 41.5 Å². The van der Waals surface area contributed by atoms with Crippen LogP contribution >= 0.6 is 0 Å². The number of rotatable bonds is 4. The van der Waals surface area contributed by atoms with Gasteiger partial charge in [0, 0.05) is 11.8 Å². The highest BCUT2D eigenvalue weighted by Crippen LogP contribution is 2.48. The second-order valence-electron chi connectivity index (χ2n) is 7.31. The van der Waals surface area contributed by atoms with Crippen LogP contribution in [0, 0.1) is 23.7 Å². The smallest absolute Gasteiger partial charge is 0.173 e. The second-order valence-corrected chi connectivity index (χ2v) is 7.31. The van der Waals surface area contributed by atoms with Crippen LogP contribution in [0.25, 0.3) is 0 Å². The zero-order chi connectivity index (χ0) is 13.5. The molecule has 1 heterocycles. The van der Waals surface area contributed by atoms with Crippen molar-refractivity contribution in [2.24, 2.45) is 23.7 Å². The van der Waals surface area contributed by atoms with Gasteiger partial charge in [-0.2, -0.15) is 0 Å². The largest absolute Gasteiger partial charge is 0.343 e. The first-order chi connectivity index (χ1) is 8.35. The molecular weight excluding hydrogens is 224 g/mol. The SMILES string of the molecule is CC(C)CC1CC2OC(C(C)C)(C(C)C)OC2C1. The summed E-state index contributed by atoms with van der Waals surface area (Å²) >= 11 is 0. The van der Waals surface area contributed by atoms with Gasteiger partial charge in [0.2, 0.25) is 0 Å². The van der Waals surface area contributed by atoms with E-state index in [0.29, 0.717) is 24.0 Å². The van der Waals surface area contributed by atoms with E-state index < -0.39 is 0 Å². The minimum absolute atomic E-state index is 0.335. The summed E-state index contributed by atoms with van der Waals surface area (Å²) in [4.78, 5) is 0. The van der Waals surface area contributed by atoms with E-state index in [-0.39, 0.29) is 5.79 Å². The molecule has 2 rings (SSSR count). The standard InChI is InChI=1S/C16H30O2/c1-10(2)7-13-8-14-15(9-13)18-16(17-14,11(3)4)12(5)6/h10-15H,7-9H2,1-6H3. The number of hydrogen-bond acceptors (Lipinski definition) is 2. The van der Waals surface area contributed by atoms with Crippen molar-refractivity contribution < 1.29 is 9.47 Å². The van der Waals surface area contributed by atoms with Crippen molar-refractivity contribution in [1.29, 1.82) is 0 Å². The van der Waals surface area contributed by atoms with Crippen molar-refractivity contribution in [3.63, 3.8) is 0 Å². The summed E-state index contributed by atoms with van der Waals surface area (Å²) in [5.41, 5.74) is 0. The Labute approximate surface area is 112 Å². The summed E-state index contributed by atoms with van der Waals surface area (Å²) in [5, 5.41) is 0. The molecule has 0 bridgehead atoms. The van der Waals surface area contributed by atoms with Gasteiger partial charge >= 0.3 is 0 Å². The fourth-order valence-electron chi connectivity index (χ4n) is 3.88. The molecule has 0 aromatic rings. The first-order valence-corrected chi connectivity index (χ1v) is 7.70. The molecule has 18 heavy (non-hydrogen) atoms. The number of ether oxygens (including phenoxy) is 2. The summed E-state index contributed by atoms with van der Waals surface area (Å²) in [6.45, 7) is 13.5. The van der Waals surface area contributed by atoms with Crippen molar-refractivity contribution >= 4 is 0 Å². The quantitative estimate of drug-likeness (QED) is 0.747. The molecule has 106 valence electrons. The third kappa shape index (κ3) is 2.46. The Bertz CT molecular complexity index is 259. The molecule has 0 aromatic carbocycles. The van der Waals surface area contributed by atoms with Gasteiger partial charge in [0.1, 0.15) is 0 Å². The van der Waals surface area contributed by atoms with Gasteiger partial charge in [-0.25, -0.2) is 0 Å². The van der Waals surface area contributed by atoms with E-state index in [1.807, 2.05) is 0 Å². The lowest BCUT2D eigenvalue weighted by Gasteiger charge is -2.37. The van der Waals surface area contributed by atoms with Crippen molar-refractivity contribution in [3.8, 4) is 0 Å². The highest BCUT2D eigenvalue weighted by molar-refractivity contribution is 4.96. The molecule has 2 aliphatic rings.